The summed E-state index contributed by atoms with van der Waals surface area (Å²) in [7, 11) is 1.77. The molecule has 1 aliphatic heterocycles. The van der Waals surface area contributed by atoms with Gasteiger partial charge in [0.15, 0.2) is 0 Å². The maximum atomic E-state index is 11.9. The summed E-state index contributed by atoms with van der Waals surface area (Å²) in [5.74, 6) is 0.589. The first-order valence-corrected chi connectivity index (χ1v) is 8.46. The fourth-order valence-corrected chi connectivity index (χ4v) is 3.53. The minimum atomic E-state index is -0.262. The summed E-state index contributed by atoms with van der Waals surface area (Å²) in [6.45, 7) is 5.86. The Morgan fingerprint density at radius 3 is 3.00 bits per heavy atom. The molecule has 4 nitrogen and oxygen atoms in total. The number of likely N-dealkylation sites (tertiary alicyclic amines) is 1. The molecule has 4 heteroatoms. The van der Waals surface area contributed by atoms with Gasteiger partial charge in [-0.1, -0.05) is 13.0 Å². The van der Waals surface area contributed by atoms with E-state index in [-0.39, 0.29) is 5.63 Å². The number of nitrogens with zero attached hydrogens (tertiary/aromatic N) is 1. The van der Waals surface area contributed by atoms with Gasteiger partial charge in [0.25, 0.3) is 0 Å². The molecule has 1 aromatic carbocycles. The van der Waals surface area contributed by atoms with E-state index in [1.54, 1.807) is 13.2 Å². The van der Waals surface area contributed by atoms with Gasteiger partial charge in [-0.25, -0.2) is 4.79 Å². The van der Waals surface area contributed by atoms with Crippen molar-refractivity contribution in [1.82, 2.24) is 4.90 Å². The second-order valence-electron chi connectivity index (χ2n) is 6.47. The maximum Gasteiger partial charge on any atom is 0.336 e. The Kier molecular flexibility index (Phi) is 5.13. The Balaban J connectivity index is 1.88. The molecule has 23 heavy (non-hydrogen) atoms. The number of piperidine rings is 1. The van der Waals surface area contributed by atoms with Crippen molar-refractivity contribution in [3.8, 4) is 0 Å². The van der Waals surface area contributed by atoms with Gasteiger partial charge < -0.3 is 9.15 Å². The molecule has 2 aromatic rings. The molecule has 124 valence electrons. The van der Waals surface area contributed by atoms with Gasteiger partial charge in [0, 0.05) is 31.7 Å². The zero-order valence-electron chi connectivity index (χ0n) is 14.0. The summed E-state index contributed by atoms with van der Waals surface area (Å²) in [6.07, 6.45) is 3.39. The van der Waals surface area contributed by atoms with Gasteiger partial charge in [-0.2, -0.15) is 0 Å². The normalized spacial score (nSPS) is 19.3. The molecule has 0 aliphatic carbocycles. The molecule has 1 saturated heterocycles. The minimum Gasteiger partial charge on any atom is -0.423 e. The molecule has 1 aromatic heterocycles. The second kappa shape index (κ2) is 7.28. The Hall–Kier alpha value is -1.65. The first kappa shape index (κ1) is 16.2. The molecule has 0 spiro atoms. The standard InChI is InChI=1S/C19H25NO3/c1-3-14-6-7-18-17(9-14)16(10-19(21)23-18)12-20-8-4-5-15(11-20)13-22-2/h6-7,9-10,15H,3-5,8,11-13H2,1-2H3. The van der Waals surface area contributed by atoms with Gasteiger partial charge in [-0.05, 0) is 55.0 Å². The number of ether oxygens (including phenoxy) is 1. The van der Waals surface area contributed by atoms with Crippen LogP contribution in [0.3, 0.4) is 0 Å². The molecule has 1 atom stereocenters. The predicted octanol–water partition coefficient (Wildman–Crippen LogP) is 3.21. The highest BCUT2D eigenvalue weighted by Gasteiger charge is 2.20. The molecule has 0 radical (unpaired) electrons. The SMILES string of the molecule is CCc1ccc2oc(=O)cc(CN3CCCC(COC)C3)c2c1. The van der Waals surface area contributed by atoms with Crippen molar-refractivity contribution < 1.29 is 9.15 Å². The molecule has 1 aliphatic rings. The lowest BCUT2D eigenvalue weighted by atomic mass is 9.98. The van der Waals surface area contributed by atoms with E-state index in [0.29, 0.717) is 11.5 Å². The highest BCUT2D eigenvalue weighted by atomic mass is 16.5. The van der Waals surface area contributed by atoms with Crippen LogP contribution in [-0.4, -0.2) is 31.7 Å². The summed E-state index contributed by atoms with van der Waals surface area (Å²) in [4.78, 5) is 14.3. The first-order chi connectivity index (χ1) is 11.2. The van der Waals surface area contributed by atoms with E-state index in [1.165, 1.54) is 18.4 Å². The van der Waals surface area contributed by atoms with Gasteiger partial charge in [0.1, 0.15) is 5.58 Å². The van der Waals surface area contributed by atoms with Crippen LogP contribution in [0.25, 0.3) is 11.0 Å². The van der Waals surface area contributed by atoms with Crippen LogP contribution >= 0.6 is 0 Å². The summed E-state index contributed by atoms with van der Waals surface area (Å²) in [5.41, 5.74) is 2.77. The lowest BCUT2D eigenvalue weighted by Crippen LogP contribution is -2.36. The van der Waals surface area contributed by atoms with Gasteiger partial charge in [-0.3, -0.25) is 4.90 Å². The van der Waals surface area contributed by atoms with E-state index >= 15 is 0 Å². The zero-order valence-corrected chi connectivity index (χ0v) is 14.0. The monoisotopic (exact) mass is 315 g/mol. The van der Waals surface area contributed by atoms with Gasteiger partial charge in [-0.15, -0.1) is 0 Å². The zero-order chi connectivity index (χ0) is 16.2. The van der Waals surface area contributed by atoms with Crippen molar-refractivity contribution in [3.63, 3.8) is 0 Å². The largest absolute Gasteiger partial charge is 0.423 e. The third-order valence-electron chi connectivity index (χ3n) is 4.70. The quantitative estimate of drug-likeness (QED) is 0.795. The summed E-state index contributed by atoms with van der Waals surface area (Å²) < 4.78 is 10.7. The van der Waals surface area contributed by atoms with Gasteiger partial charge in [0.2, 0.25) is 0 Å². The summed E-state index contributed by atoms with van der Waals surface area (Å²) >= 11 is 0. The van der Waals surface area contributed by atoms with Gasteiger partial charge in [0.05, 0.1) is 6.61 Å². The molecule has 0 saturated carbocycles. The van der Waals surface area contributed by atoms with E-state index < -0.39 is 0 Å². The Morgan fingerprint density at radius 2 is 2.22 bits per heavy atom. The molecule has 2 heterocycles. The van der Waals surface area contributed by atoms with Crippen LogP contribution < -0.4 is 5.63 Å². The van der Waals surface area contributed by atoms with Crippen LogP contribution in [0.2, 0.25) is 0 Å². The number of rotatable bonds is 5. The predicted molar refractivity (Wildman–Crippen MR) is 91.7 cm³/mol. The fourth-order valence-electron chi connectivity index (χ4n) is 3.53. The topological polar surface area (TPSA) is 42.7 Å². The molecule has 0 N–H and O–H groups in total. The van der Waals surface area contributed by atoms with Crippen molar-refractivity contribution in [2.75, 3.05) is 26.8 Å². The van der Waals surface area contributed by atoms with Crippen LogP contribution in [0.1, 0.15) is 30.9 Å². The average molecular weight is 315 g/mol. The lowest BCUT2D eigenvalue weighted by molar-refractivity contribution is 0.0875. The van der Waals surface area contributed by atoms with Crippen LogP contribution in [0.5, 0.6) is 0 Å². The molecule has 0 amide bonds. The molecular formula is C19H25NO3. The third kappa shape index (κ3) is 3.82. The number of hydrogen-bond acceptors (Lipinski definition) is 4. The van der Waals surface area contributed by atoms with Crippen molar-refractivity contribution in [2.45, 2.75) is 32.7 Å². The lowest BCUT2D eigenvalue weighted by Gasteiger charge is -2.32. The van der Waals surface area contributed by atoms with Crippen LogP contribution in [0, 0.1) is 5.92 Å². The molecule has 1 unspecified atom stereocenters. The van der Waals surface area contributed by atoms with Crippen molar-refractivity contribution in [3.05, 3.63) is 45.8 Å². The average Bonchev–Trinajstić information content (AvgIpc) is 2.55. The third-order valence-corrected chi connectivity index (χ3v) is 4.70. The Bertz CT molecular complexity index is 720. The maximum absolute atomic E-state index is 11.9. The van der Waals surface area contributed by atoms with Crippen LogP contribution in [-0.2, 0) is 17.7 Å². The van der Waals surface area contributed by atoms with Crippen LogP contribution in [0.4, 0.5) is 0 Å². The number of fused-ring (bicyclic) bond motifs is 1. The Morgan fingerprint density at radius 1 is 1.35 bits per heavy atom. The van der Waals surface area contributed by atoms with Gasteiger partial charge >= 0.3 is 5.63 Å². The number of hydrogen-bond donors (Lipinski definition) is 0. The van der Waals surface area contributed by atoms with E-state index in [1.807, 2.05) is 12.1 Å². The smallest absolute Gasteiger partial charge is 0.336 e. The molecule has 0 bridgehead atoms. The molecular weight excluding hydrogens is 290 g/mol. The minimum absolute atomic E-state index is 0.262. The van der Waals surface area contributed by atoms with E-state index in [9.17, 15) is 4.79 Å². The Labute approximate surface area is 137 Å². The van der Waals surface area contributed by atoms with E-state index in [2.05, 4.69) is 17.9 Å². The summed E-state index contributed by atoms with van der Waals surface area (Å²) in [5, 5.41) is 1.07. The fraction of sp³-hybridized carbons (Fsp3) is 0.526. The van der Waals surface area contributed by atoms with Crippen molar-refractivity contribution in [2.24, 2.45) is 5.92 Å². The highest BCUT2D eigenvalue weighted by Crippen LogP contribution is 2.23. The van der Waals surface area contributed by atoms with Crippen molar-refractivity contribution >= 4 is 11.0 Å². The second-order valence-corrected chi connectivity index (χ2v) is 6.47. The number of benzene rings is 1. The van der Waals surface area contributed by atoms with Crippen LogP contribution in [0.15, 0.2) is 33.5 Å². The highest BCUT2D eigenvalue weighted by molar-refractivity contribution is 5.80. The number of aryl methyl sites for hydroxylation is 1. The molecule has 3 rings (SSSR count). The van der Waals surface area contributed by atoms with E-state index in [0.717, 1.165) is 43.6 Å². The molecule has 1 fully saturated rings. The van der Waals surface area contributed by atoms with E-state index in [4.69, 9.17) is 9.15 Å². The number of methoxy groups -OCH3 is 1. The first-order valence-electron chi connectivity index (χ1n) is 8.46. The van der Waals surface area contributed by atoms with Crippen molar-refractivity contribution in [1.29, 1.82) is 0 Å². The summed E-state index contributed by atoms with van der Waals surface area (Å²) in [6, 6.07) is 7.76.